The Morgan fingerprint density at radius 2 is 0.667 bits per heavy atom. The fourth-order valence-electron chi connectivity index (χ4n) is 0.391. The predicted molar refractivity (Wildman–Crippen MR) is 27.8 cm³/mol. The maximum atomic E-state index is 11.8. The molecule has 0 aromatic rings. The molecule has 0 rings (SSSR count). The smallest absolute Gasteiger partial charge is 0.249 e. The van der Waals surface area contributed by atoms with Gasteiger partial charge in [-0.25, -0.2) is 17.6 Å². The summed E-state index contributed by atoms with van der Waals surface area (Å²) in [6, 6.07) is 0. The summed E-state index contributed by atoms with van der Waals surface area (Å²) in [7, 11) is -2.38. The second-order valence-corrected chi connectivity index (χ2v) is 2.39. The van der Waals surface area contributed by atoms with E-state index in [0.29, 0.717) is 0 Å². The Kier molecular flexibility index (Phi) is 3.30. The van der Waals surface area contributed by atoms with Gasteiger partial charge in [-0.3, -0.25) is 0 Å². The molecule has 0 unspecified atom stereocenters. The molecule has 15 heavy (non-hydrogen) atoms. The summed E-state index contributed by atoms with van der Waals surface area (Å²) in [5.74, 6) is -12.4. The molecule has 0 aliphatic rings. The van der Waals surface area contributed by atoms with Gasteiger partial charge in [-0.05, 0) is 0 Å². The van der Waals surface area contributed by atoms with Crippen molar-refractivity contribution < 1.29 is 43.9 Å². The summed E-state index contributed by atoms with van der Waals surface area (Å²) < 4.78 is 115. The topological polar surface area (TPSA) is 0 Å². The third kappa shape index (κ3) is 3.16. The average molecular weight is 249 g/mol. The zero-order valence-electron chi connectivity index (χ0n) is 6.36. The van der Waals surface area contributed by atoms with Gasteiger partial charge in [0.2, 0.25) is 0 Å². The van der Waals surface area contributed by atoms with E-state index < -0.39 is 31.3 Å². The van der Waals surface area contributed by atoms with Gasteiger partial charge in [0.25, 0.3) is 0 Å². The first-order valence-corrected chi connectivity index (χ1v) is 2.97. The quantitative estimate of drug-likeness (QED) is 0.521. The molecule has 11 heteroatoms. The van der Waals surface area contributed by atoms with Crippen molar-refractivity contribution in [1.29, 1.82) is 0 Å². The molecule has 0 atom stereocenters. The van der Waals surface area contributed by atoms with E-state index >= 15 is 0 Å². The molecule has 0 saturated carbocycles. The fraction of sp³-hybridized carbons (Fsp3) is 1.00. The lowest BCUT2D eigenvalue weighted by molar-refractivity contribution is -0.268. The lowest BCUT2D eigenvalue weighted by Crippen LogP contribution is -2.55. The minimum Gasteiger partial charge on any atom is -0.249 e. The van der Waals surface area contributed by atoms with Crippen molar-refractivity contribution >= 4 is 7.28 Å². The minimum absolute atomic E-state index is 2.38. The van der Waals surface area contributed by atoms with E-state index in [2.05, 4.69) is 0 Å². The van der Waals surface area contributed by atoms with Gasteiger partial charge in [0.05, 0.1) is 0 Å². The highest BCUT2D eigenvalue weighted by molar-refractivity contribution is 6.42. The third-order valence-corrected chi connectivity index (χ3v) is 1.12. The van der Waals surface area contributed by atoms with Gasteiger partial charge in [0.15, 0.2) is 11.6 Å². The van der Waals surface area contributed by atoms with Gasteiger partial charge < -0.3 is 0 Å². The first-order valence-electron chi connectivity index (χ1n) is 2.97. The van der Waals surface area contributed by atoms with Crippen LogP contribution in [0.2, 0.25) is 0 Å². The number of hydrogen-bond donors (Lipinski definition) is 0. The third-order valence-electron chi connectivity index (χ3n) is 1.12. The van der Waals surface area contributed by atoms with Crippen molar-refractivity contribution in [2.45, 2.75) is 24.0 Å². The molecular formula is C4BF10-. The molecule has 0 bridgehead atoms. The molecule has 0 aromatic carbocycles. The van der Waals surface area contributed by atoms with Crippen molar-refractivity contribution in [3.63, 3.8) is 0 Å². The van der Waals surface area contributed by atoms with E-state index in [1.807, 2.05) is 0 Å². The van der Waals surface area contributed by atoms with E-state index in [1.165, 1.54) is 0 Å². The van der Waals surface area contributed by atoms with Gasteiger partial charge in [-0.15, -0.1) is 7.28 Å². The van der Waals surface area contributed by atoms with Gasteiger partial charge >= 0.3 is 12.4 Å². The van der Waals surface area contributed by atoms with Crippen molar-refractivity contribution in [3.8, 4) is 0 Å². The lowest BCUT2D eigenvalue weighted by atomic mass is 9.63. The summed E-state index contributed by atoms with van der Waals surface area (Å²) in [5, 5.41) is 0. The Morgan fingerprint density at radius 3 is 0.800 bits per heavy atom. The molecule has 0 N–H and O–H groups in total. The molecule has 2 radical (unpaired) electrons. The van der Waals surface area contributed by atoms with Gasteiger partial charge in [0.1, 0.15) is 0 Å². The number of alkyl halides is 10. The Hall–Kier alpha value is -0.635. The van der Waals surface area contributed by atoms with Crippen LogP contribution in [-0.2, 0) is 0 Å². The van der Waals surface area contributed by atoms with E-state index in [1.54, 1.807) is 0 Å². The van der Waals surface area contributed by atoms with Crippen LogP contribution in [0.25, 0.3) is 0 Å². The first-order chi connectivity index (χ1) is 6.21. The maximum absolute atomic E-state index is 11.8. The number of halogens is 10. The van der Waals surface area contributed by atoms with Crippen LogP contribution in [0.15, 0.2) is 0 Å². The lowest BCUT2D eigenvalue weighted by Gasteiger charge is -2.37. The molecule has 0 amide bonds. The standard InChI is InChI=1S/C4BF10/c6-1(7,3(10,11)12)5-2(8,9)4(13,14)15/q-1. The summed E-state index contributed by atoms with van der Waals surface area (Å²) in [5.41, 5.74) is 0. The summed E-state index contributed by atoms with van der Waals surface area (Å²) in [4.78, 5) is 0. The zero-order chi connectivity index (χ0) is 12.7. The highest BCUT2D eigenvalue weighted by atomic mass is 19.4. The van der Waals surface area contributed by atoms with Crippen molar-refractivity contribution in [1.82, 2.24) is 0 Å². The van der Waals surface area contributed by atoms with Crippen LogP contribution in [0.3, 0.4) is 0 Å². The van der Waals surface area contributed by atoms with Crippen molar-refractivity contribution in [2.75, 3.05) is 0 Å². The van der Waals surface area contributed by atoms with Crippen LogP contribution in [0.1, 0.15) is 0 Å². The van der Waals surface area contributed by atoms with E-state index in [-0.39, 0.29) is 0 Å². The SMILES string of the molecule is FC(F)(F)C(F)(F)[B-]C(F)(F)C(F)(F)F. The molecular weight excluding hydrogens is 249 g/mol. The second kappa shape index (κ2) is 3.44. The Morgan fingerprint density at radius 1 is 0.467 bits per heavy atom. The summed E-state index contributed by atoms with van der Waals surface area (Å²) >= 11 is 0. The van der Waals surface area contributed by atoms with E-state index in [9.17, 15) is 43.9 Å². The van der Waals surface area contributed by atoms with Gasteiger partial charge in [-0.2, -0.15) is 26.3 Å². The summed E-state index contributed by atoms with van der Waals surface area (Å²) in [6.45, 7) is 0. The van der Waals surface area contributed by atoms with Gasteiger partial charge in [0, 0.05) is 0 Å². The van der Waals surface area contributed by atoms with Gasteiger partial charge in [-0.1, -0.05) is 0 Å². The molecule has 0 spiro atoms. The van der Waals surface area contributed by atoms with Crippen LogP contribution in [-0.4, -0.2) is 31.3 Å². The normalized spacial score (nSPS) is 15.6. The van der Waals surface area contributed by atoms with E-state index in [4.69, 9.17) is 0 Å². The predicted octanol–water partition coefficient (Wildman–Crippen LogP) is 3.00. The summed E-state index contributed by atoms with van der Waals surface area (Å²) in [6.07, 6.45) is -13.0. The molecule has 0 nitrogen and oxygen atoms in total. The van der Waals surface area contributed by atoms with Crippen molar-refractivity contribution in [2.24, 2.45) is 0 Å². The van der Waals surface area contributed by atoms with Crippen LogP contribution in [0.5, 0.6) is 0 Å². The minimum atomic E-state index is -6.50. The molecule has 0 aliphatic heterocycles. The monoisotopic (exact) mass is 249 g/mol. The first kappa shape index (κ1) is 14.4. The number of hydrogen-bond acceptors (Lipinski definition) is 0. The van der Waals surface area contributed by atoms with Crippen LogP contribution in [0.4, 0.5) is 43.9 Å². The Labute approximate surface area is 76.5 Å². The fourth-order valence-corrected chi connectivity index (χ4v) is 0.391. The molecule has 0 fully saturated rings. The van der Waals surface area contributed by atoms with Crippen molar-refractivity contribution in [3.05, 3.63) is 0 Å². The molecule has 0 aliphatic carbocycles. The van der Waals surface area contributed by atoms with Crippen LogP contribution >= 0.6 is 0 Å². The Bertz CT molecular complexity index is 199. The molecule has 0 saturated heterocycles. The Balaban J connectivity index is 4.89. The highest BCUT2D eigenvalue weighted by Gasteiger charge is 2.57. The molecule has 0 heterocycles. The number of rotatable bonds is 2. The maximum Gasteiger partial charge on any atom is 0.410 e. The van der Waals surface area contributed by atoms with Crippen LogP contribution < -0.4 is 0 Å². The molecule has 0 aromatic heterocycles. The second-order valence-electron chi connectivity index (χ2n) is 2.39. The largest absolute Gasteiger partial charge is 0.410 e. The molecule has 90 valence electrons. The van der Waals surface area contributed by atoms with E-state index in [0.717, 1.165) is 0 Å². The average Bonchev–Trinajstić information content (AvgIpc) is 1.77. The van der Waals surface area contributed by atoms with Crippen LogP contribution in [0, 0.1) is 0 Å². The zero-order valence-corrected chi connectivity index (χ0v) is 6.36. The highest BCUT2D eigenvalue weighted by Crippen LogP contribution is 2.42.